The quantitative estimate of drug-likeness (QED) is 0.600. The van der Waals surface area contributed by atoms with Crippen LogP contribution in [-0.4, -0.2) is 37.7 Å². The number of hydrogen-bond donors (Lipinski definition) is 0. The Labute approximate surface area is 69.5 Å². The summed E-state index contributed by atoms with van der Waals surface area (Å²) < 4.78 is 5.33. The van der Waals surface area contributed by atoms with Crippen LogP contribution in [0.4, 0.5) is 0 Å². The first-order valence-electron chi connectivity index (χ1n) is 4.40. The van der Waals surface area contributed by atoms with Crippen molar-refractivity contribution in [1.29, 1.82) is 0 Å². The van der Waals surface area contributed by atoms with Gasteiger partial charge in [0, 0.05) is 13.2 Å². The maximum Gasteiger partial charge on any atom is 0.0700 e. The molecule has 0 spiro atoms. The molecule has 2 nitrogen and oxygen atoms in total. The Balaban J connectivity index is 2.53. The summed E-state index contributed by atoms with van der Waals surface area (Å²) in [5, 5.41) is 0. The number of rotatable bonds is 2. The molecule has 11 heavy (non-hydrogen) atoms. The highest BCUT2D eigenvalue weighted by atomic mass is 16.5. The number of hydrogen-bond acceptors (Lipinski definition) is 2. The highest BCUT2D eigenvalue weighted by Gasteiger charge is 2.32. The molecule has 66 valence electrons. The highest BCUT2D eigenvalue weighted by Crippen LogP contribution is 2.25. The standard InChI is InChI=1S/C9H19NO/c1-7-5-6-10(3)9(7)8(2)11-4/h7-9H,5-6H2,1-4H3/t7?,8-,9?/m0/s1. The molecule has 2 heteroatoms. The second-order valence-electron chi connectivity index (χ2n) is 3.68. The molecular weight excluding hydrogens is 138 g/mol. The van der Waals surface area contributed by atoms with Crippen molar-refractivity contribution < 1.29 is 4.74 Å². The summed E-state index contributed by atoms with van der Waals surface area (Å²) in [6, 6.07) is 0.625. The van der Waals surface area contributed by atoms with E-state index in [9.17, 15) is 0 Å². The Morgan fingerprint density at radius 3 is 2.55 bits per heavy atom. The van der Waals surface area contributed by atoms with Gasteiger partial charge in [0.15, 0.2) is 0 Å². The molecule has 3 atom stereocenters. The van der Waals surface area contributed by atoms with Crippen LogP contribution in [0.15, 0.2) is 0 Å². The van der Waals surface area contributed by atoms with Crippen molar-refractivity contribution in [3.63, 3.8) is 0 Å². The fourth-order valence-electron chi connectivity index (χ4n) is 2.12. The van der Waals surface area contributed by atoms with Gasteiger partial charge in [-0.25, -0.2) is 0 Å². The summed E-state index contributed by atoms with van der Waals surface area (Å²) in [7, 11) is 3.98. The van der Waals surface area contributed by atoms with E-state index in [-0.39, 0.29) is 0 Å². The van der Waals surface area contributed by atoms with E-state index in [4.69, 9.17) is 4.74 Å². The number of ether oxygens (including phenoxy) is 1. The van der Waals surface area contributed by atoms with Gasteiger partial charge in [-0.2, -0.15) is 0 Å². The summed E-state index contributed by atoms with van der Waals surface area (Å²) in [6.45, 7) is 5.69. The van der Waals surface area contributed by atoms with Gasteiger partial charge in [0.2, 0.25) is 0 Å². The first-order valence-corrected chi connectivity index (χ1v) is 4.40. The molecule has 0 aliphatic carbocycles. The van der Waals surface area contributed by atoms with Crippen molar-refractivity contribution in [2.45, 2.75) is 32.4 Å². The van der Waals surface area contributed by atoms with Gasteiger partial charge in [-0.05, 0) is 32.9 Å². The van der Waals surface area contributed by atoms with Gasteiger partial charge in [-0.1, -0.05) is 6.92 Å². The summed E-state index contributed by atoms with van der Waals surface area (Å²) in [5.41, 5.74) is 0. The van der Waals surface area contributed by atoms with Crippen molar-refractivity contribution in [2.75, 3.05) is 20.7 Å². The lowest BCUT2D eigenvalue weighted by atomic mass is 9.99. The van der Waals surface area contributed by atoms with E-state index in [1.165, 1.54) is 13.0 Å². The predicted molar refractivity (Wildman–Crippen MR) is 46.7 cm³/mol. The maximum atomic E-state index is 5.33. The molecule has 2 unspecified atom stereocenters. The third-order valence-electron chi connectivity index (χ3n) is 2.88. The molecule has 1 aliphatic heterocycles. The number of likely N-dealkylation sites (N-methyl/N-ethyl adjacent to an activating group) is 1. The zero-order valence-corrected chi connectivity index (χ0v) is 8.00. The van der Waals surface area contributed by atoms with E-state index < -0.39 is 0 Å². The van der Waals surface area contributed by atoms with Gasteiger partial charge < -0.3 is 9.64 Å². The lowest BCUT2D eigenvalue weighted by Gasteiger charge is -2.27. The fraction of sp³-hybridized carbons (Fsp3) is 1.00. The van der Waals surface area contributed by atoms with Crippen LogP contribution in [0.1, 0.15) is 20.3 Å². The van der Waals surface area contributed by atoms with Gasteiger partial charge in [0.1, 0.15) is 0 Å². The lowest BCUT2D eigenvalue weighted by molar-refractivity contribution is 0.0397. The van der Waals surface area contributed by atoms with Crippen LogP contribution in [0.5, 0.6) is 0 Å². The normalized spacial score (nSPS) is 36.0. The van der Waals surface area contributed by atoms with Crippen molar-refractivity contribution in [3.8, 4) is 0 Å². The average molecular weight is 157 g/mol. The molecule has 0 N–H and O–H groups in total. The highest BCUT2D eigenvalue weighted by molar-refractivity contribution is 4.86. The Morgan fingerprint density at radius 2 is 2.18 bits per heavy atom. The van der Waals surface area contributed by atoms with E-state index in [2.05, 4.69) is 25.8 Å². The van der Waals surface area contributed by atoms with Crippen LogP contribution in [0.3, 0.4) is 0 Å². The van der Waals surface area contributed by atoms with Crippen LogP contribution in [-0.2, 0) is 4.74 Å². The van der Waals surface area contributed by atoms with Gasteiger partial charge in [0.05, 0.1) is 6.10 Å². The lowest BCUT2D eigenvalue weighted by Crippen LogP contribution is -2.38. The molecule has 1 saturated heterocycles. The third-order valence-corrected chi connectivity index (χ3v) is 2.88. The van der Waals surface area contributed by atoms with Crippen LogP contribution in [0.2, 0.25) is 0 Å². The minimum absolute atomic E-state index is 0.373. The Morgan fingerprint density at radius 1 is 1.55 bits per heavy atom. The Kier molecular flexibility index (Phi) is 2.90. The fourth-order valence-corrected chi connectivity index (χ4v) is 2.12. The monoisotopic (exact) mass is 157 g/mol. The zero-order chi connectivity index (χ0) is 8.43. The summed E-state index contributed by atoms with van der Waals surface area (Å²) in [5.74, 6) is 0.787. The SMILES string of the molecule is CO[C@@H](C)C1C(C)CCN1C. The molecule has 0 amide bonds. The average Bonchev–Trinajstić information content (AvgIpc) is 2.30. The zero-order valence-electron chi connectivity index (χ0n) is 8.00. The van der Waals surface area contributed by atoms with Gasteiger partial charge in [0.25, 0.3) is 0 Å². The Hall–Kier alpha value is -0.0800. The number of likely N-dealkylation sites (tertiary alicyclic amines) is 1. The van der Waals surface area contributed by atoms with Crippen LogP contribution < -0.4 is 0 Å². The predicted octanol–water partition coefficient (Wildman–Crippen LogP) is 1.36. The third kappa shape index (κ3) is 1.74. The van der Waals surface area contributed by atoms with Crippen molar-refractivity contribution in [2.24, 2.45) is 5.92 Å². The second kappa shape index (κ2) is 3.55. The number of methoxy groups -OCH3 is 1. The molecular formula is C9H19NO. The molecule has 0 aromatic carbocycles. The molecule has 1 rings (SSSR count). The van der Waals surface area contributed by atoms with E-state index in [1.54, 1.807) is 7.11 Å². The largest absolute Gasteiger partial charge is 0.380 e. The van der Waals surface area contributed by atoms with Gasteiger partial charge in [-0.15, -0.1) is 0 Å². The van der Waals surface area contributed by atoms with Crippen molar-refractivity contribution >= 4 is 0 Å². The number of nitrogens with zero attached hydrogens (tertiary/aromatic N) is 1. The first kappa shape index (κ1) is 9.01. The van der Waals surface area contributed by atoms with Crippen LogP contribution >= 0.6 is 0 Å². The molecule has 0 saturated carbocycles. The van der Waals surface area contributed by atoms with Crippen molar-refractivity contribution in [3.05, 3.63) is 0 Å². The van der Waals surface area contributed by atoms with E-state index in [1.807, 2.05) is 0 Å². The molecule has 1 heterocycles. The van der Waals surface area contributed by atoms with Crippen LogP contribution in [0.25, 0.3) is 0 Å². The van der Waals surface area contributed by atoms with Crippen molar-refractivity contribution in [1.82, 2.24) is 4.90 Å². The van der Waals surface area contributed by atoms with Crippen LogP contribution in [0, 0.1) is 5.92 Å². The molecule has 0 aromatic rings. The maximum absolute atomic E-state index is 5.33. The second-order valence-corrected chi connectivity index (χ2v) is 3.68. The molecule has 1 fully saturated rings. The summed E-state index contributed by atoms with van der Waals surface area (Å²) >= 11 is 0. The first-order chi connectivity index (χ1) is 5.16. The summed E-state index contributed by atoms with van der Waals surface area (Å²) in [6.07, 6.45) is 1.69. The molecule has 1 aliphatic rings. The van der Waals surface area contributed by atoms with E-state index in [0.29, 0.717) is 12.1 Å². The molecule has 0 radical (unpaired) electrons. The molecule has 0 aromatic heterocycles. The molecule has 0 bridgehead atoms. The summed E-state index contributed by atoms with van der Waals surface area (Å²) in [4.78, 5) is 2.40. The van der Waals surface area contributed by atoms with E-state index in [0.717, 1.165) is 5.92 Å². The van der Waals surface area contributed by atoms with Gasteiger partial charge in [-0.3, -0.25) is 0 Å². The minimum atomic E-state index is 0.373. The smallest absolute Gasteiger partial charge is 0.0700 e. The Bertz CT molecular complexity index is 117. The topological polar surface area (TPSA) is 12.5 Å². The minimum Gasteiger partial charge on any atom is -0.380 e. The van der Waals surface area contributed by atoms with Gasteiger partial charge >= 0.3 is 0 Å². The van der Waals surface area contributed by atoms with E-state index >= 15 is 0 Å².